The van der Waals surface area contributed by atoms with Crippen LogP contribution < -0.4 is 0 Å². The fourth-order valence-electron chi connectivity index (χ4n) is 3.65. The zero-order chi connectivity index (χ0) is 16.2. The Hall–Kier alpha value is -0.650. The van der Waals surface area contributed by atoms with Crippen LogP contribution in [0.15, 0.2) is 22.9 Å². The van der Waals surface area contributed by atoms with Gasteiger partial charge in [-0.3, -0.25) is 13.9 Å². The maximum absolute atomic E-state index is 12.7. The highest BCUT2D eigenvalue weighted by Crippen LogP contribution is 2.51. The number of hydrogen-bond donors (Lipinski definition) is 0. The Kier molecular flexibility index (Phi) is 4.98. The van der Waals surface area contributed by atoms with Crippen LogP contribution in [-0.4, -0.2) is 66.8 Å². The minimum atomic E-state index is -3.48. The van der Waals surface area contributed by atoms with Crippen LogP contribution in [0.2, 0.25) is 0 Å². The average Bonchev–Trinajstić information content (AvgIpc) is 2.89. The van der Waals surface area contributed by atoms with E-state index in [1.807, 2.05) is 6.20 Å². The second kappa shape index (κ2) is 6.58. The Bertz CT molecular complexity index is 755. The third-order valence-corrected chi connectivity index (χ3v) is 6.78. The van der Waals surface area contributed by atoms with Crippen molar-refractivity contribution in [2.45, 2.75) is 11.9 Å². The summed E-state index contributed by atoms with van der Waals surface area (Å²) < 4.78 is 33.7. The second-order valence-corrected chi connectivity index (χ2v) is 8.41. The van der Waals surface area contributed by atoms with Crippen LogP contribution in [0.25, 0.3) is 0 Å². The van der Waals surface area contributed by atoms with Crippen molar-refractivity contribution in [1.82, 2.24) is 19.0 Å². The molecule has 2 aliphatic heterocycles. The first kappa shape index (κ1) is 18.2. The molecule has 0 N–H and O–H groups in total. The predicted octanol–water partition coefficient (Wildman–Crippen LogP) is 0.813. The third-order valence-electron chi connectivity index (χ3n) is 4.99. The number of nitrogens with zero attached hydrogens (tertiary/aromatic N) is 4. The zero-order valence-corrected chi connectivity index (χ0v) is 17.0. The van der Waals surface area contributed by atoms with E-state index in [2.05, 4.69) is 10.00 Å². The first-order valence-electron chi connectivity index (χ1n) is 8.01. The number of aryl methyl sites for hydroxylation is 2. The molecule has 9 heteroatoms. The molecule has 2 atom stereocenters. The SMILES string of the molecule is Cc1cc(S(=O)(=O)N2C=C3C(C2)[C@H]3CN2CCOCC2)n(C)n1.I. The molecular formula is C15H23IN4O3S. The highest BCUT2D eigenvalue weighted by atomic mass is 127. The summed E-state index contributed by atoms with van der Waals surface area (Å²) in [5.41, 5.74) is 1.99. The molecule has 1 aliphatic carbocycles. The van der Waals surface area contributed by atoms with Crippen LogP contribution in [-0.2, 0) is 21.8 Å². The van der Waals surface area contributed by atoms with E-state index in [0.717, 1.165) is 32.8 Å². The van der Waals surface area contributed by atoms with Gasteiger partial charge in [0.1, 0.15) is 0 Å². The van der Waals surface area contributed by atoms with Crippen LogP contribution in [0.3, 0.4) is 0 Å². The highest BCUT2D eigenvalue weighted by molar-refractivity contribution is 14.0. The summed E-state index contributed by atoms with van der Waals surface area (Å²) in [6.07, 6.45) is 1.84. The van der Waals surface area contributed by atoms with E-state index in [9.17, 15) is 8.42 Å². The lowest BCUT2D eigenvalue weighted by molar-refractivity contribution is 0.0353. The van der Waals surface area contributed by atoms with Gasteiger partial charge in [-0.1, -0.05) is 0 Å². The van der Waals surface area contributed by atoms with Crippen LogP contribution in [0.5, 0.6) is 0 Å². The number of ether oxygens (including phenoxy) is 1. The maximum atomic E-state index is 12.7. The molecule has 2 fully saturated rings. The van der Waals surface area contributed by atoms with Crippen molar-refractivity contribution in [2.75, 3.05) is 39.4 Å². The van der Waals surface area contributed by atoms with Gasteiger partial charge in [0.15, 0.2) is 5.03 Å². The van der Waals surface area contributed by atoms with E-state index in [4.69, 9.17) is 4.74 Å². The second-order valence-electron chi connectivity index (χ2n) is 6.58. The third kappa shape index (κ3) is 3.11. The number of sulfonamides is 1. The molecule has 0 spiro atoms. The summed E-state index contributed by atoms with van der Waals surface area (Å²) in [7, 11) is -1.81. The van der Waals surface area contributed by atoms with Crippen molar-refractivity contribution in [2.24, 2.45) is 18.9 Å². The first-order valence-corrected chi connectivity index (χ1v) is 9.45. The van der Waals surface area contributed by atoms with Gasteiger partial charge in [-0.15, -0.1) is 24.0 Å². The number of hydrogen-bond acceptors (Lipinski definition) is 5. The fraction of sp³-hybridized carbons (Fsp3) is 0.667. The lowest BCUT2D eigenvalue weighted by atomic mass is 10.2. The summed E-state index contributed by atoms with van der Waals surface area (Å²) in [5, 5.41) is 4.40. The topological polar surface area (TPSA) is 67.7 Å². The van der Waals surface area contributed by atoms with Crippen molar-refractivity contribution in [3.63, 3.8) is 0 Å². The van der Waals surface area contributed by atoms with E-state index in [-0.39, 0.29) is 29.0 Å². The Morgan fingerprint density at radius 2 is 2.04 bits per heavy atom. The number of aromatic nitrogens is 2. The monoisotopic (exact) mass is 466 g/mol. The Morgan fingerprint density at radius 3 is 2.58 bits per heavy atom. The highest BCUT2D eigenvalue weighted by Gasteiger charge is 2.51. The summed E-state index contributed by atoms with van der Waals surface area (Å²) in [6, 6.07) is 1.63. The quantitative estimate of drug-likeness (QED) is 0.615. The molecule has 134 valence electrons. The number of fused-ring (bicyclic) bond motifs is 1. The van der Waals surface area contributed by atoms with Gasteiger partial charge in [0, 0.05) is 51.3 Å². The van der Waals surface area contributed by atoms with Crippen molar-refractivity contribution < 1.29 is 13.2 Å². The summed E-state index contributed by atoms with van der Waals surface area (Å²) in [6.45, 7) is 6.96. The van der Waals surface area contributed by atoms with E-state index >= 15 is 0 Å². The molecule has 1 saturated carbocycles. The van der Waals surface area contributed by atoms with Gasteiger partial charge < -0.3 is 4.74 Å². The molecule has 1 saturated heterocycles. The standard InChI is InChI=1S/C15H22N4O3S.HI/c1-11-7-15(17(2)16-11)23(20,21)19-9-13-12(14(13)10-19)8-18-3-5-22-6-4-18;/h7,9,12,14H,3-6,8,10H2,1-2H3;1H/t12-,14?;/m0./s1. The van der Waals surface area contributed by atoms with E-state index in [1.54, 1.807) is 20.0 Å². The molecule has 1 aromatic heterocycles. The van der Waals surface area contributed by atoms with Gasteiger partial charge >= 0.3 is 0 Å². The Balaban J connectivity index is 0.00000169. The lowest BCUT2D eigenvalue weighted by Crippen LogP contribution is -2.38. The van der Waals surface area contributed by atoms with Crippen molar-refractivity contribution in [3.8, 4) is 0 Å². The maximum Gasteiger partial charge on any atom is 0.281 e. The smallest absolute Gasteiger partial charge is 0.281 e. The summed E-state index contributed by atoms with van der Waals surface area (Å²) in [5.74, 6) is 0.912. The molecule has 4 rings (SSSR count). The van der Waals surface area contributed by atoms with Gasteiger partial charge in [0.05, 0.1) is 18.9 Å². The first-order chi connectivity index (χ1) is 11.0. The minimum Gasteiger partial charge on any atom is -0.379 e. The number of halogens is 1. The fourth-order valence-corrected chi connectivity index (χ4v) is 5.20. The predicted molar refractivity (Wildman–Crippen MR) is 99.6 cm³/mol. The summed E-state index contributed by atoms with van der Waals surface area (Å²) >= 11 is 0. The molecule has 0 radical (unpaired) electrons. The van der Waals surface area contributed by atoms with E-state index in [1.165, 1.54) is 14.6 Å². The molecule has 1 aromatic rings. The van der Waals surface area contributed by atoms with Crippen LogP contribution in [0.4, 0.5) is 0 Å². The minimum absolute atomic E-state index is 0. The molecule has 24 heavy (non-hydrogen) atoms. The van der Waals surface area contributed by atoms with Gasteiger partial charge in [0.2, 0.25) is 0 Å². The normalized spacial score (nSPS) is 26.8. The molecule has 0 amide bonds. The van der Waals surface area contributed by atoms with E-state index in [0.29, 0.717) is 24.1 Å². The van der Waals surface area contributed by atoms with Gasteiger partial charge in [-0.2, -0.15) is 13.5 Å². The summed E-state index contributed by atoms with van der Waals surface area (Å²) in [4.78, 5) is 2.41. The average molecular weight is 466 g/mol. The van der Waals surface area contributed by atoms with Crippen molar-refractivity contribution in [1.29, 1.82) is 0 Å². The van der Waals surface area contributed by atoms with Gasteiger partial charge in [-0.05, 0) is 18.6 Å². The lowest BCUT2D eigenvalue weighted by Gasteiger charge is -2.27. The van der Waals surface area contributed by atoms with Gasteiger partial charge in [-0.25, -0.2) is 0 Å². The Morgan fingerprint density at radius 1 is 1.33 bits per heavy atom. The molecular weight excluding hydrogens is 443 g/mol. The molecule has 0 bridgehead atoms. The number of rotatable bonds is 4. The van der Waals surface area contributed by atoms with Crippen molar-refractivity contribution in [3.05, 3.63) is 23.5 Å². The molecule has 3 heterocycles. The molecule has 7 nitrogen and oxygen atoms in total. The largest absolute Gasteiger partial charge is 0.379 e. The Labute approximate surface area is 159 Å². The molecule has 3 aliphatic rings. The van der Waals surface area contributed by atoms with Crippen LogP contribution in [0, 0.1) is 18.8 Å². The van der Waals surface area contributed by atoms with Gasteiger partial charge in [0.25, 0.3) is 10.0 Å². The molecule has 1 unspecified atom stereocenters. The van der Waals surface area contributed by atoms with Crippen LogP contribution in [0.1, 0.15) is 5.69 Å². The number of morpholine rings is 1. The van der Waals surface area contributed by atoms with Crippen molar-refractivity contribution >= 4 is 34.0 Å². The van der Waals surface area contributed by atoms with E-state index < -0.39 is 10.0 Å². The van der Waals surface area contributed by atoms with Crippen LogP contribution >= 0.6 is 24.0 Å². The molecule has 0 aromatic carbocycles. The zero-order valence-electron chi connectivity index (χ0n) is 13.9.